The second-order valence-electron chi connectivity index (χ2n) is 6.42. The van der Waals surface area contributed by atoms with Crippen molar-refractivity contribution in [3.8, 4) is 5.75 Å². The maximum atomic E-state index is 12.7. The number of anilines is 1. The van der Waals surface area contributed by atoms with Crippen molar-refractivity contribution in [2.75, 3.05) is 31.1 Å². The number of piperidine rings is 1. The predicted octanol–water partition coefficient (Wildman–Crippen LogP) is 3.39. The van der Waals surface area contributed by atoms with Gasteiger partial charge in [0.15, 0.2) is 0 Å². The molecule has 1 fully saturated rings. The lowest BCUT2D eigenvalue weighted by atomic mass is 10.1. The van der Waals surface area contributed by atoms with Crippen LogP contribution in [-0.4, -0.2) is 37.1 Å². The zero-order chi connectivity index (χ0) is 19.1. The first-order chi connectivity index (χ1) is 13.1. The molecular weight excluding hydrogens is 346 g/mol. The maximum absolute atomic E-state index is 12.7. The molecule has 1 amide bonds. The first-order valence-corrected chi connectivity index (χ1v) is 9.14. The van der Waals surface area contributed by atoms with Crippen LogP contribution in [0.15, 0.2) is 48.5 Å². The first kappa shape index (κ1) is 18.7. The van der Waals surface area contributed by atoms with Crippen molar-refractivity contribution in [3.05, 3.63) is 64.2 Å². The Morgan fingerprint density at radius 3 is 2.56 bits per heavy atom. The topological polar surface area (TPSA) is 84.7 Å². The quantitative estimate of drug-likeness (QED) is 0.459. The van der Waals surface area contributed by atoms with Gasteiger partial charge in [-0.05, 0) is 37.5 Å². The van der Waals surface area contributed by atoms with Crippen molar-refractivity contribution in [2.24, 2.45) is 0 Å². The fourth-order valence-corrected chi connectivity index (χ4v) is 3.18. The highest BCUT2D eigenvalue weighted by molar-refractivity contribution is 6.00. The smallest absolute Gasteiger partial charge is 0.270 e. The normalized spacial score (nSPS) is 13.9. The van der Waals surface area contributed by atoms with Crippen LogP contribution in [0.2, 0.25) is 0 Å². The number of ether oxygens (including phenoxy) is 1. The van der Waals surface area contributed by atoms with E-state index in [0.29, 0.717) is 18.7 Å². The van der Waals surface area contributed by atoms with Crippen molar-refractivity contribution in [3.63, 3.8) is 0 Å². The van der Waals surface area contributed by atoms with E-state index in [2.05, 4.69) is 10.2 Å². The lowest BCUT2D eigenvalue weighted by molar-refractivity contribution is -0.384. The van der Waals surface area contributed by atoms with E-state index in [9.17, 15) is 14.9 Å². The van der Waals surface area contributed by atoms with Gasteiger partial charge in [-0.15, -0.1) is 0 Å². The standard InChI is InChI=1S/C20H23N3O4/c24-20(21-11-14-27-17-7-3-1-4-8-17)18-15-16(23(25)26)9-10-19(18)22-12-5-2-6-13-22/h1,3-4,7-10,15H,2,5-6,11-14H2,(H,21,24). The molecule has 0 bridgehead atoms. The number of carbonyl (C=O) groups excluding carboxylic acids is 1. The molecule has 0 aromatic heterocycles. The number of carbonyl (C=O) groups is 1. The van der Waals surface area contributed by atoms with Gasteiger partial charge in [0.1, 0.15) is 12.4 Å². The molecule has 0 radical (unpaired) electrons. The van der Waals surface area contributed by atoms with Crippen LogP contribution in [0.4, 0.5) is 11.4 Å². The molecule has 1 N–H and O–H groups in total. The molecule has 27 heavy (non-hydrogen) atoms. The van der Waals surface area contributed by atoms with Gasteiger partial charge in [0.2, 0.25) is 0 Å². The predicted molar refractivity (Wildman–Crippen MR) is 103 cm³/mol. The highest BCUT2D eigenvalue weighted by atomic mass is 16.6. The Morgan fingerprint density at radius 1 is 1.11 bits per heavy atom. The van der Waals surface area contributed by atoms with E-state index in [1.165, 1.54) is 18.6 Å². The molecule has 142 valence electrons. The number of rotatable bonds is 7. The summed E-state index contributed by atoms with van der Waals surface area (Å²) in [5, 5.41) is 13.9. The van der Waals surface area contributed by atoms with Gasteiger partial charge in [-0.1, -0.05) is 18.2 Å². The summed E-state index contributed by atoms with van der Waals surface area (Å²) in [5.41, 5.74) is 1.01. The molecule has 0 spiro atoms. The molecule has 2 aromatic carbocycles. The molecular formula is C20H23N3O4. The Hall–Kier alpha value is -3.09. The molecule has 2 aromatic rings. The zero-order valence-electron chi connectivity index (χ0n) is 15.1. The highest BCUT2D eigenvalue weighted by Gasteiger charge is 2.21. The van der Waals surface area contributed by atoms with Crippen LogP contribution in [0.1, 0.15) is 29.6 Å². The number of nitrogens with zero attached hydrogens (tertiary/aromatic N) is 2. The van der Waals surface area contributed by atoms with Gasteiger partial charge in [0.05, 0.1) is 22.7 Å². The molecule has 1 saturated heterocycles. The van der Waals surface area contributed by atoms with Gasteiger partial charge in [0, 0.05) is 25.2 Å². The Morgan fingerprint density at radius 2 is 1.85 bits per heavy atom. The molecule has 7 nitrogen and oxygen atoms in total. The lowest BCUT2D eigenvalue weighted by Crippen LogP contribution is -2.33. The lowest BCUT2D eigenvalue weighted by Gasteiger charge is -2.30. The van der Waals surface area contributed by atoms with Gasteiger partial charge in [-0.3, -0.25) is 14.9 Å². The van der Waals surface area contributed by atoms with Crippen molar-refractivity contribution in [2.45, 2.75) is 19.3 Å². The fourth-order valence-electron chi connectivity index (χ4n) is 3.18. The van der Waals surface area contributed by atoms with Crippen molar-refractivity contribution in [1.29, 1.82) is 0 Å². The van der Waals surface area contributed by atoms with E-state index in [0.717, 1.165) is 37.4 Å². The highest BCUT2D eigenvalue weighted by Crippen LogP contribution is 2.28. The number of nitro groups is 1. The Balaban J connectivity index is 1.67. The van der Waals surface area contributed by atoms with Gasteiger partial charge in [-0.25, -0.2) is 0 Å². The van der Waals surface area contributed by atoms with E-state index in [1.807, 2.05) is 30.3 Å². The number of hydrogen-bond acceptors (Lipinski definition) is 5. The first-order valence-electron chi connectivity index (χ1n) is 9.14. The zero-order valence-corrected chi connectivity index (χ0v) is 15.1. The summed E-state index contributed by atoms with van der Waals surface area (Å²) in [7, 11) is 0. The van der Waals surface area contributed by atoms with Crippen LogP contribution in [0.25, 0.3) is 0 Å². The van der Waals surface area contributed by atoms with E-state index in [1.54, 1.807) is 6.07 Å². The van der Waals surface area contributed by atoms with E-state index >= 15 is 0 Å². The summed E-state index contributed by atoms with van der Waals surface area (Å²) in [4.78, 5) is 25.4. The van der Waals surface area contributed by atoms with E-state index < -0.39 is 4.92 Å². The summed E-state index contributed by atoms with van der Waals surface area (Å²) < 4.78 is 5.57. The Kier molecular flexibility index (Phi) is 6.25. The van der Waals surface area contributed by atoms with Crippen LogP contribution >= 0.6 is 0 Å². The molecule has 0 aliphatic carbocycles. The average molecular weight is 369 g/mol. The van der Waals surface area contributed by atoms with Gasteiger partial charge in [-0.2, -0.15) is 0 Å². The van der Waals surface area contributed by atoms with Crippen molar-refractivity contribution < 1.29 is 14.5 Å². The monoisotopic (exact) mass is 369 g/mol. The third-order valence-corrected chi connectivity index (χ3v) is 4.53. The number of para-hydroxylation sites is 1. The van der Waals surface area contributed by atoms with Gasteiger partial charge < -0.3 is 15.0 Å². The minimum Gasteiger partial charge on any atom is -0.492 e. The summed E-state index contributed by atoms with van der Waals surface area (Å²) in [6.45, 7) is 2.35. The molecule has 0 atom stereocenters. The molecule has 0 saturated carbocycles. The summed E-state index contributed by atoms with van der Waals surface area (Å²) in [6.07, 6.45) is 3.29. The van der Waals surface area contributed by atoms with Crippen molar-refractivity contribution >= 4 is 17.3 Å². The van der Waals surface area contributed by atoms with Crippen LogP contribution < -0.4 is 15.0 Å². The second-order valence-corrected chi connectivity index (χ2v) is 6.42. The van der Waals surface area contributed by atoms with E-state index in [4.69, 9.17) is 4.74 Å². The minimum absolute atomic E-state index is 0.0820. The number of amides is 1. The summed E-state index contributed by atoms with van der Waals surface area (Å²) >= 11 is 0. The van der Waals surface area contributed by atoms with Crippen LogP contribution in [-0.2, 0) is 0 Å². The molecule has 1 aliphatic rings. The van der Waals surface area contributed by atoms with Crippen molar-refractivity contribution in [1.82, 2.24) is 5.32 Å². The Bertz CT molecular complexity index is 789. The van der Waals surface area contributed by atoms with Crippen LogP contribution in [0.5, 0.6) is 5.75 Å². The van der Waals surface area contributed by atoms with Gasteiger partial charge >= 0.3 is 0 Å². The Labute approximate surface area is 158 Å². The number of benzene rings is 2. The molecule has 1 heterocycles. The molecule has 3 rings (SSSR count). The molecule has 0 unspecified atom stereocenters. The summed E-state index contributed by atoms with van der Waals surface area (Å²) in [5.74, 6) is 0.409. The molecule has 7 heteroatoms. The number of hydrogen-bond donors (Lipinski definition) is 1. The van der Waals surface area contributed by atoms with Gasteiger partial charge in [0.25, 0.3) is 11.6 Å². The molecule has 1 aliphatic heterocycles. The maximum Gasteiger partial charge on any atom is 0.270 e. The summed E-state index contributed by atoms with van der Waals surface area (Å²) in [6, 6.07) is 13.8. The van der Waals surface area contributed by atoms with E-state index in [-0.39, 0.29) is 11.6 Å². The third-order valence-electron chi connectivity index (χ3n) is 4.53. The second kappa shape index (κ2) is 9.02. The number of non-ortho nitro benzene ring substituents is 1. The SMILES string of the molecule is O=C(NCCOc1ccccc1)c1cc([N+](=O)[O-])ccc1N1CCCCC1. The minimum atomic E-state index is -0.477. The third kappa shape index (κ3) is 4.97. The number of nitro benzene ring substituents is 1. The average Bonchev–Trinajstić information content (AvgIpc) is 2.72. The number of nitrogens with one attached hydrogen (secondary N) is 1. The van der Waals surface area contributed by atoms with Crippen LogP contribution in [0, 0.1) is 10.1 Å². The fraction of sp³-hybridized carbons (Fsp3) is 0.350. The largest absolute Gasteiger partial charge is 0.492 e. The van der Waals surface area contributed by atoms with Crippen LogP contribution in [0.3, 0.4) is 0 Å².